The van der Waals surface area contributed by atoms with Crippen molar-refractivity contribution >= 4 is 23.3 Å². The number of ketones is 1. The van der Waals surface area contributed by atoms with Crippen LogP contribution < -0.4 is 5.32 Å². The molecule has 0 aromatic heterocycles. The van der Waals surface area contributed by atoms with Gasteiger partial charge in [-0.1, -0.05) is 38.1 Å². The highest BCUT2D eigenvalue weighted by molar-refractivity contribution is 6.15. The Labute approximate surface area is 157 Å². The number of hydrogen-bond donors (Lipinski definition) is 1. The zero-order chi connectivity index (χ0) is 19.0. The molecule has 4 aliphatic rings. The predicted octanol–water partition coefficient (Wildman–Crippen LogP) is 2.30. The fraction of sp³-hybridized carbons (Fsp3) is 0.381. The molecule has 27 heavy (non-hydrogen) atoms. The minimum absolute atomic E-state index is 0.0161. The third kappa shape index (κ3) is 1.93. The Morgan fingerprint density at radius 3 is 2.70 bits per heavy atom. The molecule has 5 rings (SSSR count). The van der Waals surface area contributed by atoms with Crippen molar-refractivity contribution in [1.82, 2.24) is 9.80 Å². The van der Waals surface area contributed by atoms with Gasteiger partial charge in [-0.3, -0.25) is 14.4 Å². The van der Waals surface area contributed by atoms with Gasteiger partial charge in [0.25, 0.3) is 5.91 Å². The molecule has 1 aromatic rings. The topological polar surface area (TPSA) is 69.7 Å². The first kappa shape index (κ1) is 16.3. The molecule has 138 valence electrons. The van der Waals surface area contributed by atoms with E-state index in [0.29, 0.717) is 24.2 Å². The molecule has 1 spiro atoms. The maximum Gasteiger partial charge on any atom is 0.274 e. The number of Topliss-reactive ketones (excluding diaryl/α,β-unsaturated/α-hetero) is 1. The molecule has 0 bridgehead atoms. The molecule has 4 heterocycles. The van der Waals surface area contributed by atoms with E-state index in [9.17, 15) is 14.4 Å². The van der Waals surface area contributed by atoms with Gasteiger partial charge in [0.15, 0.2) is 5.78 Å². The first-order valence-electron chi connectivity index (χ1n) is 9.31. The van der Waals surface area contributed by atoms with Crippen molar-refractivity contribution in [2.75, 3.05) is 11.9 Å². The first-order valence-corrected chi connectivity index (χ1v) is 9.31. The third-order valence-corrected chi connectivity index (χ3v) is 6.48. The molecular formula is C21H21N3O3. The summed E-state index contributed by atoms with van der Waals surface area (Å²) in [6, 6.07) is 6.76. The standard InChI is InChI=1S/C21H21N3O3/c1-20(2)9-11-24-16(19(27)23-10-5-8-15(23)18(24)26)12-21(20)17(25)13-6-3-4-7-14(13)22-21/h3-4,6-9,11,16,22H,5,10,12H2,1-2H3/t16-,21+/m0/s1. The van der Waals surface area contributed by atoms with Gasteiger partial charge in [0, 0.05) is 35.8 Å². The predicted molar refractivity (Wildman–Crippen MR) is 99.7 cm³/mol. The van der Waals surface area contributed by atoms with E-state index < -0.39 is 17.0 Å². The summed E-state index contributed by atoms with van der Waals surface area (Å²) in [7, 11) is 0. The summed E-state index contributed by atoms with van der Waals surface area (Å²) in [6.07, 6.45) is 6.35. The number of carbonyl (C=O) groups excluding carboxylic acids is 3. The van der Waals surface area contributed by atoms with Crippen molar-refractivity contribution in [3.8, 4) is 0 Å². The second-order valence-corrected chi connectivity index (χ2v) is 8.24. The van der Waals surface area contributed by atoms with Crippen LogP contribution in [0.25, 0.3) is 0 Å². The van der Waals surface area contributed by atoms with Crippen molar-refractivity contribution in [3.63, 3.8) is 0 Å². The molecule has 1 N–H and O–H groups in total. The van der Waals surface area contributed by atoms with Crippen LogP contribution in [0.2, 0.25) is 0 Å². The lowest BCUT2D eigenvalue weighted by atomic mass is 9.67. The van der Waals surface area contributed by atoms with Crippen LogP contribution >= 0.6 is 0 Å². The molecule has 1 fully saturated rings. The van der Waals surface area contributed by atoms with Crippen LogP contribution in [0, 0.1) is 5.41 Å². The van der Waals surface area contributed by atoms with Crippen molar-refractivity contribution in [2.24, 2.45) is 5.41 Å². The number of rotatable bonds is 0. The average Bonchev–Trinajstić information content (AvgIpc) is 3.21. The van der Waals surface area contributed by atoms with Crippen molar-refractivity contribution in [1.29, 1.82) is 0 Å². The second-order valence-electron chi connectivity index (χ2n) is 8.24. The molecule has 4 aliphatic heterocycles. The summed E-state index contributed by atoms with van der Waals surface area (Å²) in [4.78, 5) is 42.7. The van der Waals surface area contributed by atoms with Crippen LogP contribution in [0.1, 0.15) is 37.0 Å². The largest absolute Gasteiger partial charge is 0.371 e. The van der Waals surface area contributed by atoms with Gasteiger partial charge in [-0.2, -0.15) is 0 Å². The Hall–Kier alpha value is -2.89. The SMILES string of the molecule is CC1(C)C=CN2C(=O)C3=CCCN3C(=O)[C@@H]2C[C@]12Nc1ccccc1C2=O. The van der Waals surface area contributed by atoms with E-state index in [-0.39, 0.29) is 24.0 Å². The first-order chi connectivity index (χ1) is 12.9. The smallest absolute Gasteiger partial charge is 0.274 e. The molecule has 6 heteroatoms. The number of piperazine rings is 1. The van der Waals surface area contributed by atoms with E-state index in [1.165, 1.54) is 4.90 Å². The number of hydrogen-bond acceptors (Lipinski definition) is 4. The van der Waals surface area contributed by atoms with Gasteiger partial charge in [0.1, 0.15) is 17.3 Å². The van der Waals surface area contributed by atoms with Gasteiger partial charge in [-0.15, -0.1) is 0 Å². The van der Waals surface area contributed by atoms with Gasteiger partial charge in [0.2, 0.25) is 5.91 Å². The zero-order valence-corrected chi connectivity index (χ0v) is 15.4. The Balaban J connectivity index is 1.64. The molecule has 0 aliphatic carbocycles. The van der Waals surface area contributed by atoms with Gasteiger partial charge in [-0.05, 0) is 18.6 Å². The van der Waals surface area contributed by atoms with E-state index >= 15 is 0 Å². The van der Waals surface area contributed by atoms with Crippen LogP contribution in [0.3, 0.4) is 0 Å². The number of para-hydroxylation sites is 1. The highest BCUT2D eigenvalue weighted by Crippen LogP contribution is 2.49. The second kappa shape index (κ2) is 5.09. The lowest BCUT2D eigenvalue weighted by Crippen LogP contribution is -2.61. The number of amides is 2. The maximum absolute atomic E-state index is 13.5. The molecule has 1 saturated heterocycles. The number of benzene rings is 1. The van der Waals surface area contributed by atoms with E-state index in [1.54, 1.807) is 11.1 Å². The van der Waals surface area contributed by atoms with E-state index in [2.05, 4.69) is 5.32 Å². The third-order valence-electron chi connectivity index (χ3n) is 6.48. The monoisotopic (exact) mass is 363 g/mol. The number of nitrogens with zero attached hydrogens (tertiary/aromatic N) is 2. The quantitative estimate of drug-likeness (QED) is 0.768. The zero-order valence-electron chi connectivity index (χ0n) is 15.4. The van der Waals surface area contributed by atoms with Crippen LogP contribution in [-0.4, -0.2) is 45.5 Å². The van der Waals surface area contributed by atoms with E-state index in [0.717, 1.165) is 5.69 Å². The molecule has 0 saturated carbocycles. The minimum Gasteiger partial charge on any atom is -0.371 e. The number of fused-ring (bicyclic) bond motifs is 3. The fourth-order valence-electron chi connectivity index (χ4n) is 4.79. The minimum atomic E-state index is -0.969. The molecule has 0 radical (unpaired) electrons. The number of carbonyl (C=O) groups is 3. The molecule has 2 atom stereocenters. The van der Waals surface area contributed by atoms with E-state index in [1.807, 2.05) is 50.3 Å². The summed E-state index contributed by atoms with van der Waals surface area (Å²) in [5.41, 5.74) is 0.338. The van der Waals surface area contributed by atoms with Crippen LogP contribution in [0.5, 0.6) is 0 Å². The maximum atomic E-state index is 13.5. The molecule has 0 unspecified atom stereocenters. The normalized spacial score (nSPS) is 30.7. The summed E-state index contributed by atoms with van der Waals surface area (Å²) in [5.74, 6) is -0.285. The summed E-state index contributed by atoms with van der Waals surface area (Å²) >= 11 is 0. The van der Waals surface area contributed by atoms with Crippen LogP contribution in [0.4, 0.5) is 5.69 Å². The van der Waals surface area contributed by atoms with Crippen molar-refractivity contribution in [2.45, 2.75) is 38.3 Å². The molecule has 1 aromatic carbocycles. The molecule has 6 nitrogen and oxygen atoms in total. The summed E-state index contributed by atoms with van der Waals surface area (Å²) < 4.78 is 0. The summed E-state index contributed by atoms with van der Waals surface area (Å²) in [6.45, 7) is 4.49. The molecule has 2 amide bonds. The van der Waals surface area contributed by atoms with Gasteiger partial charge < -0.3 is 15.1 Å². The highest BCUT2D eigenvalue weighted by Gasteiger charge is 2.59. The van der Waals surface area contributed by atoms with Crippen LogP contribution in [0.15, 0.2) is 48.3 Å². The summed E-state index contributed by atoms with van der Waals surface area (Å²) in [5, 5.41) is 3.43. The Bertz CT molecular complexity index is 961. The van der Waals surface area contributed by atoms with E-state index in [4.69, 9.17) is 0 Å². The lowest BCUT2D eigenvalue weighted by Gasteiger charge is -2.44. The Kier molecular flexibility index (Phi) is 3.07. The Morgan fingerprint density at radius 1 is 1.15 bits per heavy atom. The lowest BCUT2D eigenvalue weighted by molar-refractivity contribution is -0.148. The number of anilines is 1. The highest BCUT2D eigenvalue weighted by atomic mass is 16.2. The molecular weight excluding hydrogens is 342 g/mol. The van der Waals surface area contributed by atoms with Gasteiger partial charge in [0.05, 0.1) is 0 Å². The van der Waals surface area contributed by atoms with Crippen molar-refractivity contribution in [3.05, 3.63) is 53.9 Å². The van der Waals surface area contributed by atoms with Gasteiger partial charge in [-0.25, -0.2) is 0 Å². The van der Waals surface area contributed by atoms with Crippen molar-refractivity contribution < 1.29 is 14.4 Å². The fourth-order valence-corrected chi connectivity index (χ4v) is 4.79. The Morgan fingerprint density at radius 2 is 1.93 bits per heavy atom. The average molecular weight is 363 g/mol. The van der Waals surface area contributed by atoms with Gasteiger partial charge >= 0.3 is 0 Å². The van der Waals surface area contributed by atoms with Crippen LogP contribution in [-0.2, 0) is 9.59 Å². The number of nitrogens with one attached hydrogen (secondary N) is 1.